The van der Waals surface area contributed by atoms with Crippen LogP contribution in [0.2, 0.25) is 20.1 Å². The topological polar surface area (TPSA) is 75.6 Å². The monoisotopic (exact) mass is 479 g/mol. The van der Waals surface area contributed by atoms with Gasteiger partial charge in [-0.3, -0.25) is 14.6 Å². The molecule has 4 aromatic rings. The first-order valence-corrected chi connectivity index (χ1v) is 10.2. The highest BCUT2D eigenvalue weighted by Gasteiger charge is 2.16. The average Bonchev–Trinajstić information content (AvgIpc) is 3.31. The number of carbonyl (C=O) groups is 1. The summed E-state index contributed by atoms with van der Waals surface area (Å²) < 4.78 is 1.63. The molecule has 2 aromatic heterocycles. The van der Waals surface area contributed by atoms with Gasteiger partial charge in [0, 0.05) is 21.8 Å². The Bertz CT molecular complexity index is 1220. The van der Waals surface area contributed by atoms with E-state index in [4.69, 9.17) is 46.4 Å². The fourth-order valence-electron chi connectivity index (χ4n) is 2.79. The van der Waals surface area contributed by atoms with Crippen LogP contribution in [0, 0.1) is 0 Å². The normalized spacial score (nSPS) is 10.9. The van der Waals surface area contributed by atoms with Gasteiger partial charge in [-0.05, 0) is 42.0 Å². The first kappa shape index (κ1) is 20.8. The van der Waals surface area contributed by atoms with Crippen molar-refractivity contribution in [1.29, 1.82) is 0 Å². The van der Waals surface area contributed by atoms with Crippen LogP contribution in [0.4, 0.5) is 5.82 Å². The Morgan fingerprint density at radius 1 is 0.967 bits per heavy atom. The Labute approximate surface area is 191 Å². The number of aromatic amines is 1. The van der Waals surface area contributed by atoms with Crippen LogP contribution in [-0.2, 0) is 6.54 Å². The van der Waals surface area contributed by atoms with E-state index in [0.29, 0.717) is 37.9 Å². The van der Waals surface area contributed by atoms with Crippen LogP contribution in [-0.4, -0.2) is 25.9 Å². The lowest BCUT2D eigenvalue weighted by atomic mass is 10.1. The van der Waals surface area contributed by atoms with E-state index in [1.54, 1.807) is 47.3 Å². The van der Waals surface area contributed by atoms with Gasteiger partial charge in [0.05, 0.1) is 17.3 Å². The molecule has 0 fully saturated rings. The number of hydrogen-bond donors (Lipinski definition) is 2. The van der Waals surface area contributed by atoms with Gasteiger partial charge in [-0.2, -0.15) is 10.2 Å². The zero-order valence-corrected chi connectivity index (χ0v) is 18.2. The second-order valence-electron chi connectivity index (χ2n) is 6.39. The Balaban J connectivity index is 1.48. The molecule has 2 N–H and O–H groups in total. The van der Waals surface area contributed by atoms with Gasteiger partial charge in [0.25, 0.3) is 5.91 Å². The van der Waals surface area contributed by atoms with Crippen molar-refractivity contribution in [3.05, 3.63) is 86.1 Å². The van der Waals surface area contributed by atoms with Crippen molar-refractivity contribution >= 4 is 58.1 Å². The summed E-state index contributed by atoms with van der Waals surface area (Å²) in [6, 6.07) is 14.0. The molecule has 0 aliphatic carbocycles. The zero-order valence-electron chi connectivity index (χ0n) is 15.2. The number of benzene rings is 2. The molecular weight excluding hydrogens is 468 g/mol. The van der Waals surface area contributed by atoms with E-state index in [1.165, 1.54) is 0 Å². The fraction of sp³-hybridized carbons (Fsp3) is 0.0500. The van der Waals surface area contributed by atoms with E-state index >= 15 is 0 Å². The number of nitrogens with zero attached hydrogens (tertiary/aromatic N) is 3. The van der Waals surface area contributed by atoms with Crippen molar-refractivity contribution in [3.63, 3.8) is 0 Å². The number of nitrogens with one attached hydrogen (secondary N) is 2. The van der Waals surface area contributed by atoms with E-state index < -0.39 is 5.91 Å². The summed E-state index contributed by atoms with van der Waals surface area (Å²) in [6.45, 7) is 0.482. The number of rotatable bonds is 5. The van der Waals surface area contributed by atoms with Gasteiger partial charge < -0.3 is 5.32 Å². The van der Waals surface area contributed by atoms with E-state index in [-0.39, 0.29) is 11.5 Å². The quantitative estimate of drug-likeness (QED) is 0.357. The summed E-state index contributed by atoms with van der Waals surface area (Å²) in [6.07, 6.45) is 1.64. The van der Waals surface area contributed by atoms with Crippen molar-refractivity contribution in [3.8, 4) is 11.3 Å². The molecule has 0 saturated heterocycles. The van der Waals surface area contributed by atoms with Crippen molar-refractivity contribution < 1.29 is 4.79 Å². The molecule has 0 aliphatic rings. The van der Waals surface area contributed by atoms with E-state index in [9.17, 15) is 4.79 Å². The maximum atomic E-state index is 12.6. The minimum absolute atomic E-state index is 0.235. The summed E-state index contributed by atoms with van der Waals surface area (Å²) in [5, 5.41) is 15.8. The lowest BCUT2D eigenvalue weighted by Gasteiger charge is -2.02. The van der Waals surface area contributed by atoms with Crippen molar-refractivity contribution in [1.82, 2.24) is 20.0 Å². The number of aromatic nitrogens is 4. The number of H-pyrrole nitrogens is 1. The highest BCUT2D eigenvalue weighted by molar-refractivity contribution is 6.36. The summed E-state index contributed by atoms with van der Waals surface area (Å²) >= 11 is 24.3. The number of carbonyl (C=O) groups excluding carboxylic acids is 1. The van der Waals surface area contributed by atoms with Crippen LogP contribution < -0.4 is 5.32 Å². The largest absolute Gasteiger partial charge is 0.302 e. The van der Waals surface area contributed by atoms with Gasteiger partial charge in [-0.25, -0.2) is 0 Å². The molecule has 0 spiro atoms. The second-order valence-corrected chi connectivity index (χ2v) is 8.08. The molecule has 2 heterocycles. The van der Waals surface area contributed by atoms with Crippen LogP contribution in [0.3, 0.4) is 0 Å². The third-order valence-corrected chi connectivity index (χ3v) is 5.31. The lowest BCUT2D eigenvalue weighted by Crippen LogP contribution is -2.13. The Hall–Kier alpha value is -2.51. The summed E-state index contributed by atoms with van der Waals surface area (Å²) in [4.78, 5) is 12.6. The summed E-state index contributed by atoms with van der Waals surface area (Å²) in [5.41, 5.74) is 2.40. The fourth-order valence-corrected chi connectivity index (χ4v) is 3.62. The van der Waals surface area contributed by atoms with Gasteiger partial charge in [0.1, 0.15) is 10.7 Å². The molecule has 0 radical (unpaired) electrons. The predicted molar refractivity (Wildman–Crippen MR) is 120 cm³/mol. The van der Waals surface area contributed by atoms with E-state index in [0.717, 1.165) is 5.56 Å². The molecule has 0 aliphatic heterocycles. The Kier molecular flexibility index (Phi) is 6.01. The number of anilines is 1. The maximum absolute atomic E-state index is 12.6. The molecule has 30 heavy (non-hydrogen) atoms. The molecule has 6 nitrogen and oxygen atoms in total. The van der Waals surface area contributed by atoms with Crippen LogP contribution in [0.5, 0.6) is 0 Å². The van der Waals surface area contributed by atoms with E-state index in [2.05, 4.69) is 20.6 Å². The molecule has 0 atom stereocenters. The van der Waals surface area contributed by atoms with Gasteiger partial charge in [0.2, 0.25) is 0 Å². The van der Waals surface area contributed by atoms with E-state index in [1.807, 2.05) is 12.1 Å². The van der Waals surface area contributed by atoms with Gasteiger partial charge >= 0.3 is 0 Å². The second kappa shape index (κ2) is 8.70. The average molecular weight is 481 g/mol. The number of hydrogen-bond acceptors (Lipinski definition) is 3. The van der Waals surface area contributed by atoms with Crippen molar-refractivity contribution in [2.24, 2.45) is 0 Å². The predicted octanol–water partition coefficient (Wildman–Crippen LogP) is 6.19. The maximum Gasteiger partial charge on any atom is 0.274 e. The van der Waals surface area contributed by atoms with Gasteiger partial charge in [-0.15, -0.1) is 0 Å². The number of halogens is 4. The molecule has 10 heteroatoms. The molecule has 0 unspecified atom stereocenters. The van der Waals surface area contributed by atoms with Crippen LogP contribution in [0.15, 0.2) is 54.7 Å². The molecule has 0 bridgehead atoms. The lowest BCUT2D eigenvalue weighted by molar-refractivity contribution is 0.102. The molecule has 152 valence electrons. The van der Waals surface area contributed by atoms with Crippen LogP contribution >= 0.6 is 46.4 Å². The minimum Gasteiger partial charge on any atom is -0.302 e. The molecule has 1 amide bonds. The highest BCUT2D eigenvalue weighted by atomic mass is 35.5. The Morgan fingerprint density at radius 2 is 1.70 bits per heavy atom. The van der Waals surface area contributed by atoms with Gasteiger partial charge in [-0.1, -0.05) is 58.5 Å². The smallest absolute Gasteiger partial charge is 0.274 e. The molecule has 0 saturated carbocycles. The highest BCUT2D eigenvalue weighted by Crippen LogP contribution is 2.29. The van der Waals surface area contributed by atoms with Gasteiger partial charge in [0.15, 0.2) is 5.82 Å². The number of amides is 1. The summed E-state index contributed by atoms with van der Waals surface area (Å²) in [5.74, 6) is -0.186. The SMILES string of the molecule is O=C(Nc1nn(Cc2ccc(Cl)cc2)cc1Cl)c1cc(-c2ccc(Cl)cc2Cl)n[nH]1. The molecular formula is C20H13Cl4N5O. The van der Waals surface area contributed by atoms with Crippen molar-refractivity contribution in [2.75, 3.05) is 5.32 Å². The third-order valence-electron chi connectivity index (χ3n) is 4.24. The molecule has 4 rings (SSSR count). The van der Waals surface area contributed by atoms with Crippen LogP contribution in [0.25, 0.3) is 11.3 Å². The zero-order chi connectivity index (χ0) is 21.3. The third kappa shape index (κ3) is 4.63. The summed E-state index contributed by atoms with van der Waals surface area (Å²) in [7, 11) is 0. The minimum atomic E-state index is -0.433. The first-order valence-electron chi connectivity index (χ1n) is 8.68. The Morgan fingerprint density at radius 3 is 2.43 bits per heavy atom. The standard InChI is InChI=1S/C20H13Cl4N5O/c21-12-3-1-11(2-4-12)9-29-10-16(24)19(28-29)25-20(30)18-8-17(26-27-18)14-6-5-13(22)7-15(14)23/h1-8,10H,9H2,(H,26,27)(H,25,28,30). The van der Waals surface area contributed by atoms with Crippen molar-refractivity contribution in [2.45, 2.75) is 6.54 Å². The van der Waals surface area contributed by atoms with Crippen LogP contribution in [0.1, 0.15) is 16.1 Å². The molecule has 2 aromatic carbocycles. The first-order chi connectivity index (χ1) is 14.4.